The molecule has 7 heteroatoms. The van der Waals surface area contributed by atoms with Crippen LogP contribution in [0.25, 0.3) is 0 Å². The van der Waals surface area contributed by atoms with E-state index in [1.165, 1.54) is 5.56 Å². The summed E-state index contributed by atoms with van der Waals surface area (Å²) in [7, 11) is 1.68. The van der Waals surface area contributed by atoms with Gasteiger partial charge in [-0.1, -0.05) is 32.9 Å². The monoisotopic (exact) mass is 486 g/mol. The van der Waals surface area contributed by atoms with Crippen molar-refractivity contribution in [1.82, 2.24) is 15.6 Å². The van der Waals surface area contributed by atoms with Crippen LogP contribution in [0.3, 0.4) is 0 Å². The normalized spacial score (nSPS) is 11.7. The van der Waals surface area contributed by atoms with E-state index in [0.717, 1.165) is 37.0 Å². The van der Waals surface area contributed by atoms with E-state index in [4.69, 9.17) is 9.15 Å². The predicted octanol–water partition coefficient (Wildman–Crippen LogP) is 3.90. The van der Waals surface area contributed by atoms with Crippen molar-refractivity contribution >= 4 is 29.9 Å². The minimum absolute atomic E-state index is 0. The molecule has 0 aliphatic heterocycles. The van der Waals surface area contributed by atoms with Crippen molar-refractivity contribution in [2.24, 2.45) is 4.99 Å². The van der Waals surface area contributed by atoms with Gasteiger partial charge in [-0.2, -0.15) is 0 Å². The lowest BCUT2D eigenvalue weighted by Crippen LogP contribution is -2.38. The van der Waals surface area contributed by atoms with Crippen molar-refractivity contribution in [3.8, 4) is 5.75 Å². The molecule has 0 radical (unpaired) electrons. The Bertz CT molecular complexity index is 723. The van der Waals surface area contributed by atoms with E-state index in [2.05, 4.69) is 47.4 Å². The largest absolute Gasteiger partial charge is 0.497 e. The Morgan fingerprint density at radius 2 is 2.04 bits per heavy atom. The van der Waals surface area contributed by atoms with Crippen LogP contribution in [0, 0.1) is 0 Å². The standard InChI is InChI=1S/C20H30N4O2.HI/c1-6-21-19(22-11-10-15-8-7-9-16(12-15)25-5)24-14-18-23-13-17(26-18)20(2,3)4;/h7-9,12-13H,6,10-11,14H2,1-5H3,(H2,21,22,24);1H. The molecule has 1 aromatic carbocycles. The van der Waals surface area contributed by atoms with Crippen molar-refractivity contribution in [3.05, 3.63) is 47.7 Å². The fraction of sp³-hybridized carbons (Fsp3) is 0.500. The first-order valence-electron chi connectivity index (χ1n) is 9.02. The molecule has 0 spiro atoms. The molecule has 2 N–H and O–H groups in total. The zero-order chi connectivity index (χ0) is 19.0. The molecule has 0 unspecified atom stereocenters. The molecule has 0 saturated heterocycles. The average Bonchev–Trinajstić information content (AvgIpc) is 3.09. The number of guanidine groups is 1. The molecule has 1 heterocycles. The van der Waals surface area contributed by atoms with Crippen LogP contribution in [0.15, 0.2) is 39.9 Å². The Labute approximate surface area is 179 Å². The molecule has 2 aromatic rings. The molecule has 27 heavy (non-hydrogen) atoms. The molecule has 150 valence electrons. The highest BCUT2D eigenvalue weighted by Gasteiger charge is 2.18. The van der Waals surface area contributed by atoms with E-state index >= 15 is 0 Å². The second-order valence-electron chi connectivity index (χ2n) is 7.09. The van der Waals surface area contributed by atoms with Crippen LogP contribution in [0.4, 0.5) is 0 Å². The Morgan fingerprint density at radius 1 is 1.26 bits per heavy atom. The van der Waals surface area contributed by atoms with Crippen LogP contribution in [-0.4, -0.2) is 31.1 Å². The lowest BCUT2D eigenvalue weighted by Gasteiger charge is -2.13. The highest BCUT2D eigenvalue weighted by atomic mass is 127. The van der Waals surface area contributed by atoms with E-state index in [1.54, 1.807) is 13.3 Å². The number of aliphatic imine (C=N–C) groups is 1. The quantitative estimate of drug-likeness (QED) is 0.353. The summed E-state index contributed by atoms with van der Waals surface area (Å²) < 4.78 is 11.0. The fourth-order valence-electron chi connectivity index (χ4n) is 2.37. The lowest BCUT2D eigenvalue weighted by atomic mass is 9.94. The van der Waals surface area contributed by atoms with Gasteiger partial charge in [-0.15, -0.1) is 24.0 Å². The summed E-state index contributed by atoms with van der Waals surface area (Å²) in [6.07, 6.45) is 2.67. The van der Waals surface area contributed by atoms with Crippen LogP contribution in [0.2, 0.25) is 0 Å². The SMILES string of the molecule is CCNC(=NCc1ncc(C(C)(C)C)o1)NCCc1cccc(OC)c1.I. The van der Waals surface area contributed by atoms with Crippen molar-refractivity contribution in [2.45, 2.75) is 46.1 Å². The molecule has 0 amide bonds. The zero-order valence-electron chi connectivity index (χ0n) is 16.8. The van der Waals surface area contributed by atoms with Gasteiger partial charge < -0.3 is 19.8 Å². The first kappa shape index (κ1) is 23.3. The van der Waals surface area contributed by atoms with Crippen LogP contribution < -0.4 is 15.4 Å². The number of oxazole rings is 1. The highest BCUT2D eigenvalue weighted by molar-refractivity contribution is 14.0. The summed E-state index contributed by atoms with van der Waals surface area (Å²) in [5, 5.41) is 6.59. The molecule has 0 aliphatic rings. The van der Waals surface area contributed by atoms with E-state index in [9.17, 15) is 0 Å². The van der Waals surface area contributed by atoms with Gasteiger partial charge in [0, 0.05) is 18.5 Å². The van der Waals surface area contributed by atoms with E-state index in [1.807, 2.05) is 25.1 Å². The first-order valence-corrected chi connectivity index (χ1v) is 9.02. The molecular weight excluding hydrogens is 455 g/mol. The maximum absolute atomic E-state index is 5.79. The molecule has 0 saturated carbocycles. The topological polar surface area (TPSA) is 71.7 Å². The number of halogens is 1. The summed E-state index contributed by atoms with van der Waals surface area (Å²) in [5.41, 5.74) is 1.17. The van der Waals surface area contributed by atoms with Gasteiger partial charge >= 0.3 is 0 Å². The van der Waals surface area contributed by atoms with Gasteiger partial charge in [-0.05, 0) is 31.0 Å². The molecule has 6 nitrogen and oxygen atoms in total. The maximum atomic E-state index is 5.79. The molecule has 2 rings (SSSR count). The third kappa shape index (κ3) is 7.78. The molecule has 0 atom stereocenters. The number of rotatable bonds is 7. The molecule has 0 bridgehead atoms. The Balaban J connectivity index is 0.00000364. The third-order valence-corrected chi connectivity index (χ3v) is 3.85. The second-order valence-corrected chi connectivity index (χ2v) is 7.09. The lowest BCUT2D eigenvalue weighted by molar-refractivity contribution is 0.383. The minimum Gasteiger partial charge on any atom is -0.497 e. The Kier molecular flexibility index (Phi) is 9.62. The third-order valence-electron chi connectivity index (χ3n) is 3.85. The van der Waals surface area contributed by atoms with Crippen molar-refractivity contribution in [1.29, 1.82) is 0 Å². The number of ether oxygens (including phenoxy) is 1. The summed E-state index contributed by atoms with van der Waals surface area (Å²) in [6, 6.07) is 8.09. The number of benzene rings is 1. The van der Waals surface area contributed by atoms with Gasteiger partial charge in [0.05, 0.1) is 13.3 Å². The number of hydrogen-bond donors (Lipinski definition) is 2. The van der Waals surface area contributed by atoms with Crippen molar-refractivity contribution < 1.29 is 9.15 Å². The number of aromatic nitrogens is 1. The van der Waals surface area contributed by atoms with Gasteiger partial charge in [0.2, 0.25) is 5.89 Å². The van der Waals surface area contributed by atoms with E-state index < -0.39 is 0 Å². The number of methoxy groups -OCH3 is 1. The first-order chi connectivity index (χ1) is 12.4. The summed E-state index contributed by atoms with van der Waals surface area (Å²) in [6.45, 7) is 10.3. The number of nitrogens with one attached hydrogen (secondary N) is 2. The summed E-state index contributed by atoms with van der Waals surface area (Å²) >= 11 is 0. The van der Waals surface area contributed by atoms with Crippen LogP contribution in [0.1, 0.15) is 44.9 Å². The van der Waals surface area contributed by atoms with Gasteiger partial charge in [-0.25, -0.2) is 9.98 Å². The zero-order valence-corrected chi connectivity index (χ0v) is 19.2. The van der Waals surface area contributed by atoms with Crippen LogP contribution >= 0.6 is 24.0 Å². The van der Waals surface area contributed by atoms with E-state index in [0.29, 0.717) is 12.4 Å². The molecule has 0 aliphatic carbocycles. The highest BCUT2D eigenvalue weighted by Crippen LogP contribution is 2.22. The van der Waals surface area contributed by atoms with Gasteiger partial charge in [0.1, 0.15) is 18.1 Å². The Hall–Kier alpha value is -1.77. The van der Waals surface area contributed by atoms with Crippen LogP contribution in [0.5, 0.6) is 5.75 Å². The number of hydrogen-bond acceptors (Lipinski definition) is 4. The minimum atomic E-state index is -0.0472. The van der Waals surface area contributed by atoms with Crippen molar-refractivity contribution in [2.75, 3.05) is 20.2 Å². The number of nitrogens with zero attached hydrogens (tertiary/aromatic N) is 2. The summed E-state index contributed by atoms with van der Waals surface area (Å²) in [5.74, 6) is 3.13. The average molecular weight is 486 g/mol. The Morgan fingerprint density at radius 3 is 2.67 bits per heavy atom. The van der Waals surface area contributed by atoms with Crippen molar-refractivity contribution in [3.63, 3.8) is 0 Å². The fourth-order valence-corrected chi connectivity index (χ4v) is 2.37. The maximum Gasteiger partial charge on any atom is 0.216 e. The smallest absolute Gasteiger partial charge is 0.216 e. The second kappa shape index (κ2) is 11.2. The van der Waals surface area contributed by atoms with Gasteiger partial charge in [-0.3, -0.25) is 0 Å². The summed E-state index contributed by atoms with van der Waals surface area (Å²) in [4.78, 5) is 8.88. The van der Waals surface area contributed by atoms with E-state index in [-0.39, 0.29) is 29.4 Å². The van der Waals surface area contributed by atoms with Crippen LogP contribution in [-0.2, 0) is 18.4 Å². The molecular formula is C20H31IN4O2. The molecule has 1 aromatic heterocycles. The predicted molar refractivity (Wildman–Crippen MR) is 120 cm³/mol. The van der Waals surface area contributed by atoms with Gasteiger partial charge in [0.25, 0.3) is 0 Å². The van der Waals surface area contributed by atoms with Gasteiger partial charge in [0.15, 0.2) is 5.96 Å². The molecule has 0 fully saturated rings.